The number of amides is 2. The Morgan fingerprint density at radius 3 is 2.29 bits per heavy atom. The molecule has 1 aliphatic rings. The van der Waals surface area contributed by atoms with Gasteiger partial charge in [0.25, 0.3) is 0 Å². The van der Waals surface area contributed by atoms with Crippen LogP contribution in [0.25, 0.3) is 0 Å². The summed E-state index contributed by atoms with van der Waals surface area (Å²) in [4.78, 5) is 25.7. The van der Waals surface area contributed by atoms with Crippen LogP contribution in [0.2, 0.25) is 5.02 Å². The van der Waals surface area contributed by atoms with Gasteiger partial charge in [0.2, 0.25) is 21.8 Å². The van der Waals surface area contributed by atoms with Gasteiger partial charge in [-0.2, -0.15) is 4.31 Å². The molecule has 31 heavy (non-hydrogen) atoms. The van der Waals surface area contributed by atoms with E-state index in [4.69, 9.17) is 17.3 Å². The molecule has 0 unspecified atom stereocenters. The molecule has 0 atom stereocenters. The van der Waals surface area contributed by atoms with Gasteiger partial charge in [-0.25, -0.2) is 12.8 Å². The number of benzene rings is 2. The van der Waals surface area contributed by atoms with Gasteiger partial charge in [0.05, 0.1) is 11.4 Å². The van der Waals surface area contributed by atoms with Crippen LogP contribution in [0.15, 0.2) is 53.4 Å². The van der Waals surface area contributed by atoms with Crippen molar-refractivity contribution in [3.05, 3.63) is 64.9 Å². The monoisotopic (exact) mass is 467 g/mol. The largest absolute Gasteiger partial charge is 0.369 e. The molecule has 2 aromatic carbocycles. The summed E-state index contributed by atoms with van der Waals surface area (Å²) < 4.78 is 41.7. The Bertz CT molecular complexity index is 1050. The van der Waals surface area contributed by atoms with Crippen molar-refractivity contribution in [2.24, 2.45) is 11.7 Å². The highest BCUT2D eigenvalue weighted by molar-refractivity contribution is 7.89. The maximum Gasteiger partial charge on any atom is 0.243 e. The minimum Gasteiger partial charge on any atom is -0.369 e. The molecule has 0 bridgehead atoms. The number of rotatable bonds is 7. The van der Waals surface area contributed by atoms with Gasteiger partial charge in [0.1, 0.15) is 5.82 Å². The number of carbonyl (C=O) groups is 2. The lowest BCUT2D eigenvalue weighted by Crippen LogP contribution is -2.47. The second-order valence-electron chi connectivity index (χ2n) is 7.38. The Labute approximate surface area is 185 Å². The molecule has 0 aromatic heterocycles. The van der Waals surface area contributed by atoms with E-state index in [1.165, 1.54) is 47.4 Å². The fraction of sp³-hybridized carbons (Fsp3) is 0.333. The molecular formula is C21H23ClFN3O4S. The molecule has 1 aliphatic heterocycles. The van der Waals surface area contributed by atoms with Gasteiger partial charge < -0.3 is 10.6 Å². The summed E-state index contributed by atoms with van der Waals surface area (Å²) in [6.07, 6.45) is 0.858. The number of halogens is 2. The maximum absolute atomic E-state index is 14.2. The third kappa shape index (κ3) is 5.61. The minimum absolute atomic E-state index is 0.0477. The molecule has 1 fully saturated rings. The van der Waals surface area contributed by atoms with Gasteiger partial charge in [0, 0.05) is 36.1 Å². The Morgan fingerprint density at radius 2 is 1.71 bits per heavy atom. The first kappa shape index (κ1) is 23.2. The number of piperidine rings is 1. The van der Waals surface area contributed by atoms with Crippen LogP contribution < -0.4 is 5.73 Å². The summed E-state index contributed by atoms with van der Waals surface area (Å²) >= 11 is 5.86. The van der Waals surface area contributed by atoms with E-state index in [9.17, 15) is 22.4 Å². The van der Waals surface area contributed by atoms with Crippen LogP contribution in [0.4, 0.5) is 4.39 Å². The van der Waals surface area contributed by atoms with E-state index in [0.29, 0.717) is 31.0 Å². The quantitative estimate of drug-likeness (QED) is 0.675. The van der Waals surface area contributed by atoms with E-state index in [2.05, 4.69) is 0 Å². The van der Waals surface area contributed by atoms with E-state index in [1.54, 1.807) is 6.07 Å². The summed E-state index contributed by atoms with van der Waals surface area (Å²) in [7, 11) is -4.10. The van der Waals surface area contributed by atoms with Crippen LogP contribution in [0.3, 0.4) is 0 Å². The van der Waals surface area contributed by atoms with E-state index in [-0.39, 0.29) is 22.9 Å². The number of hydrogen-bond acceptors (Lipinski definition) is 4. The van der Waals surface area contributed by atoms with Crippen LogP contribution in [-0.4, -0.2) is 49.1 Å². The summed E-state index contributed by atoms with van der Waals surface area (Å²) in [6.45, 7) is -0.149. The molecule has 2 aromatic rings. The minimum atomic E-state index is -4.10. The molecule has 10 heteroatoms. The standard InChI is InChI=1S/C21H23ClFN3O4S/c22-17-5-7-18(8-6-17)31(29,30)26(13-16-3-1-2-4-19(16)23)14-20(27)25-11-9-15(10-12-25)21(24)28/h1-8,15H,9-14H2,(H2,24,28). The first-order valence-corrected chi connectivity index (χ1v) is 11.6. The van der Waals surface area contributed by atoms with Crippen molar-refractivity contribution >= 4 is 33.4 Å². The van der Waals surface area contributed by atoms with Crippen LogP contribution >= 0.6 is 11.6 Å². The second kappa shape index (κ2) is 9.76. The molecular weight excluding hydrogens is 445 g/mol. The van der Waals surface area contributed by atoms with Gasteiger partial charge in [-0.05, 0) is 43.2 Å². The molecule has 0 saturated carbocycles. The zero-order valence-electron chi connectivity index (χ0n) is 16.7. The first-order chi connectivity index (χ1) is 14.7. The van der Waals surface area contributed by atoms with E-state index < -0.39 is 34.2 Å². The smallest absolute Gasteiger partial charge is 0.243 e. The second-order valence-corrected chi connectivity index (χ2v) is 9.75. The number of sulfonamides is 1. The lowest BCUT2D eigenvalue weighted by Gasteiger charge is -2.32. The zero-order chi connectivity index (χ0) is 22.6. The van der Waals surface area contributed by atoms with E-state index in [1.807, 2.05) is 0 Å². The van der Waals surface area contributed by atoms with Gasteiger partial charge in [-0.3, -0.25) is 9.59 Å². The molecule has 2 N–H and O–H groups in total. The average molecular weight is 468 g/mol. The molecule has 3 rings (SSSR count). The fourth-order valence-electron chi connectivity index (χ4n) is 3.46. The molecule has 0 radical (unpaired) electrons. The van der Waals surface area contributed by atoms with E-state index >= 15 is 0 Å². The van der Waals surface area contributed by atoms with Crippen molar-refractivity contribution in [1.82, 2.24) is 9.21 Å². The van der Waals surface area contributed by atoms with Crippen molar-refractivity contribution < 1.29 is 22.4 Å². The van der Waals surface area contributed by atoms with Crippen molar-refractivity contribution in [1.29, 1.82) is 0 Å². The van der Waals surface area contributed by atoms with Crippen molar-refractivity contribution in [2.45, 2.75) is 24.3 Å². The Balaban J connectivity index is 1.84. The molecule has 1 heterocycles. The highest BCUT2D eigenvalue weighted by atomic mass is 35.5. The SMILES string of the molecule is NC(=O)C1CCN(C(=O)CN(Cc2ccccc2F)S(=O)(=O)c2ccc(Cl)cc2)CC1. The number of hydrogen-bond donors (Lipinski definition) is 1. The predicted octanol–water partition coefficient (Wildman–Crippen LogP) is 2.39. The molecule has 0 aliphatic carbocycles. The van der Waals surface area contributed by atoms with Crippen LogP contribution in [0.1, 0.15) is 18.4 Å². The van der Waals surface area contributed by atoms with Crippen molar-refractivity contribution in [2.75, 3.05) is 19.6 Å². The van der Waals surface area contributed by atoms with Gasteiger partial charge in [-0.1, -0.05) is 29.8 Å². The van der Waals surface area contributed by atoms with Crippen molar-refractivity contribution in [3.63, 3.8) is 0 Å². The van der Waals surface area contributed by atoms with Crippen LogP contribution in [-0.2, 0) is 26.2 Å². The summed E-state index contributed by atoms with van der Waals surface area (Å²) in [5.74, 6) is -1.68. The number of nitrogens with two attached hydrogens (primary N) is 1. The van der Waals surface area contributed by atoms with Crippen molar-refractivity contribution in [3.8, 4) is 0 Å². The molecule has 0 spiro atoms. The summed E-state index contributed by atoms with van der Waals surface area (Å²) in [5, 5.41) is 0.369. The highest BCUT2D eigenvalue weighted by Crippen LogP contribution is 2.23. The lowest BCUT2D eigenvalue weighted by molar-refractivity contribution is -0.135. The van der Waals surface area contributed by atoms with Gasteiger partial charge in [0.15, 0.2) is 0 Å². The fourth-order valence-corrected chi connectivity index (χ4v) is 4.96. The molecule has 166 valence electrons. The first-order valence-electron chi connectivity index (χ1n) is 9.74. The number of primary amides is 1. The highest BCUT2D eigenvalue weighted by Gasteiger charge is 2.31. The predicted molar refractivity (Wildman–Crippen MR) is 114 cm³/mol. The number of nitrogens with zero attached hydrogens (tertiary/aromatic N) is 2. The lowest BCUT2D eigenvalue weighted by atomic mass is 9.96. The maximum atomic E-state index is 14.2. The Hall–Kier alpha value is -2.49. The Morgan fingerprint density at radius 1 is 1.10 bits per heavy atom. The normalized spacial score (nSPS) is 15.3. The van der Waals surface area contributed by atoms with Crippen LogP contribution in [0.5, 0.6) is 0 Å². The average Bonchev–Trinajstić information content (AvgIpc) is 2.75. The number of likely N-dealkylation sites (tertiary alicyclic amines) is 1. The van der Waals surface area contributed by atoms with Crippen LogP contribution in [0, 0.1) is 11.7 Å². The zero-order valence-corrected chi connectivity index (χ0v) is 18.3. The topological polar surface area (TPSA) is 101 Å². The number of carbonyl (C=O) groups excluding carboxylic acids is 2. The third-order valence-corrected chi connectivity index (χ3v) is 7.38. The summed E-state index contributed by atoms with van der Waals surface area (Å²) in [6, 6.07) is 11.4. The molecule has 7 nitrogen and oxygen atoms in total. The summed E-state index contributed by atoms with van der Waals surface area (Å²) in [5.41, 5.74) is 5.48. The Kier molecular flexibility index (Phi) is 7.30. The third-order valence-electron chi connectivity index (χ3n) is 5.32. The van der Waals surface area contributed by atoms with Gasteiger partial charge in [-0.15, -0.1) is 0 Å². The molecule has 1 saturated heterocycles. The van der Waals surface area contributed by atoms with E-state index in [0.717, 1.165) is 4.31 Å². The molecule has 2 amide bonds. The van der Waals surface area contributed by atoms with Gasteiger partial charge >= 0.3 is 0 Å².